The summed E-state index contributed by atoms with van der Waals surface area (Å²) in [5, 5.41) is 0. The van der Waals surface area contributed by atoms with Crippen LogP contribution >= 0.6 is 0 Å². The van der Waals surface area contributed by atoms with Gasteiger partial charge in [0.2, 0.25) is 0 Å². The van der Waals surface area contributed by atoms with Crippen LogP contribution in [0.5, 0.6) is 5.75 Å². The second-order valence-electron chi connectivity index (χ2n) is 4.24. The van der Waals surface area contributed by atoms with Crippen molar-refractivity contribution in [3.63, 3.8) is 0 Å². The summed E-state index contributed by atoms with van der Waals surface area (Å²) in [5.74, 6) is -3.87. The molecule has 2 rings (SSSR count). The Bertz CT molecular complexity index is 681. The number of methoxy groups -OCH3 is 1. The van der Waals surface area contributed by atoms with E-state index >= 15 is 0 Å². The SMILES string of the molecule is COc1ccc(C(=O)c2ccc(C)c(F)c2F)cc1F. The Kier molecular flexibility index (Phi) is 3.79. The number of ether oxygens (including phenoxy) is 1. The number of hydrogen-bond acceptors (Lipinski definition) is 2. The molecule has 5 heteroatoms. The summed E-state index contributed by atoms with van der Waals surface area (Å²) in [6.07, 6.45) is 0. The quantitative estimate of drug-likeness (QED) is 0.802. The standard InChI is InChI=1S/C15H11F3O2/c1-8-3-5-10(14(18)13(8)17)15(19)9-4-6-12(20-2)11(16)7-9/h3-7H,1-2H3. The molecule has 20 heavy (non-hydrogen) atoms. The molecule has 104 valence electrons. The van der Waals surface area contributed by atoms with E-state index in [0.717, 1.165) is 6.07 Å². The Hall–Kier alpha value is -2.30. The maximum atomic E-state index is 13.7. The van der Waals surface area contributed by atoms with E-state index in [4.69, 9.17) is 4.74 Å². The second-order valence-corrected chi connectivity index (χ2v) is 4.24. The van der Waals surface area contributed by atoms with Gasteiger partial charge >= 0.3 is 0 Å². The lowest BCUT2D eigenvalue weighted by Gasteiger charge is -2.07. The van der Waals surface area contributed by atoms with Gasteiger partial charge < -0.3 is 4.74 Å². The van der Waals surface area contributed by atoms with Gasteiger partial charge in [0.05, 0.1) is 12.7 Å². The molecule has 0 radical (unpaired) electrons. The van der Waals surface area contributed by atoms with Crippen molar-refractivity contribution in [1.82, 2.24) is 0 Å². The highest BCUT2D eigenvalue weighted by Crippen LogP contribution is 2.22. The predicted octanol–water partition coefficient (Wildman–Crippen LogP) is 3.65. The molecule has 0 aromatic heterocycles. The van der Waals surface area contributed by atoms with E-state index in [-0.39, 0.29) is 16.9 Å². The minimum Gasteiger partial charge on any atom is -0.494 e. The number of aryl methyl sites for hydroxylation is 1. The first-order valence-corrected chi connectivity index (χ1v) is 5.78. The summed E-state index contributed by atoms with van der Waals surface area (Å²) in [4.78, 5) is 12.1. The van der Waals surface area contributed by atoms with E-state index in [1.165, 1.54) is 38.3 Å². The fraction of sp³-hybridized carbons (Fsp3) is 0.133. The third kappa shape index (κ3) is 2.39. The van der Waals surface area contributed by atoms with E-state index < -0.39 is 28.8 Å². The van der Waals surface area contributed by atoms with Gasteiger partial charge in [0.15, 0.2) is 29.0 Å². The average molecular weight is 280 g/mol. The lowest BCUT2D eigenvalue weighted by atomic mass is 10.0. The molecule has 2 aromatic rings. The molecule has 0 saturated carbocycles. The average Bonchev–Trinajstić information content (AvgIpc) is 2.44. The predicted molar refractivity (Wildman–Crippen MR) is 67.5 cm³/mol. The highest BCUT2D eigenvalue weighted by Gasteiger charge is 2.19. The molecule has 2 aromatic carbocycles. The monoisotopic (exact) mass is 280 g/mol. The molecule has 2 nitrogen and oxygen atoms in total. The van der Waals surface area contributed by atoms with E-state index in [9.17, 15) is 18.0 Å². The number of hydrogen-bond donors (Lipinski definition) is 0. The maximum absolute atomic E-state index is 13.7. The largest absolute Gasteiger partial charge is 0.494 e. The fourth-order valence-corrected chi connectivity index (χ4v) is 1.78. The van der Waals surface area contributed by atoms with Crippen LogP contribution in [0.2, 0.25) is 0 Å². The van der Waals surface area contributed by atoms with Crippen LogP contribution in [0.3, 0.4) is 0 Å². The van der Waals surface area contributed by atoms with E-state index in [0.29, 0.717) is 0 Å². The molecular weight excluding hydrogens is 269 g/mol. The summed E-state index contributed by atoms with van der Waals surface area (Å²) in [5.41, 5.74) is -0.414. The van der Waals surface area contributed by atoms with Gasteiger partial charge in [-0.1, -0.05) is 6.07 Å². The Labute approximate surface area is 113 Å². The molecule has 0 N–H and O–H groups in total. The molecule has 0 spiro atoms. The lowest BCUT2D eigenvalue weighted by Crippen LogP contribution is -2.07. The summed E-state index contributed by atoms with van der Waals surface area (Å²) < 4.78 is 45.4. The Morgan fingerprint density at radius 3 is 2.35 bits per heavy atom. The van der Waals surface area contributed by atoms with Crippen LogP contribution in [-0.4, -0.2) is 12.9 Å². The first-order chi connectivity index (χ1) is 9.45. The number of carbonyl (C=O) groups excluding carboxylic acids is 1. The highest BCUT2D eigenvalue weighted by atomic mass is 19.2. The van der Waals surface area contributed by atoms with Crippen molar-refractivity contribution in [2.45, 2.75) is 6.92 Å². The second kappa shape index (κ2) is 5.36. The van der Waals surface area contributed by atoms with Crippen LogP contribution in [0.15, 0.2) is 30.3 Å². The molecule has 0 heterocycles. The number of rotatable bonds is 3. The molecule has 0 amide bonds. The number of carbonyl (C=O) groups is 1. The van der Waals surface area contributed by atoms with Crippen LogP contribution in [0.1, 0.15) is 21.5 Å². The van der Waals surface area contributed by atoms with Gasteiger partial charge in [0.25, 0.3) is 0 Å². The summed E-state index contributed by atoms with van der Waals surface area (Å²) in [7, 11) is 1.29. The van der Waals surface area contributed by atoms with Crippen molar-refractivity contribution < 1.29 is 22.7 Å². The van der Waals surface area contributed by atoms with Crippen molar-refractivity contribution >= 4 is 5.78 Å². The Balaban J connectivity index is 2.47. The molecular formula is C15H11F3O2. The summed E-state index contributed by atoms with van der Waals surface area (Å²) in [6, 6.07) is 5.95. The maximum Gasteiger partial charge on any atom is 0.196 e. The molecule has 0 aliphatic carbocycles. The van der Waals surface area contributed by atoms with Crippen molar-refractivity contribution in [3.8, 4) is 5.75 Å². The first kappa shape index (κ1) is 14.1. The van der Waals surface area contributed by atoms with Gasteiger partial charge in [-0.3, -0.25) is 4.79 Å². The topological polar surface area (TPSA) is 26.3 Å². The zero-order valence-corrected chi connectivity index (χ0v) is 10.8. The number of ketones is 1. The zero-order valence-electron chi connectivity index (χ0n) is 10.8. The zero-order chi connectivity index (χ0) is 14.9. The molecule has 0 aliphatic heterocycles. The van der Waals surface area contributed by atoms with Crippen molar-refractivity contribution in [1.29, 1.82) is 0 Å². The van der Waals surface area contributed by atoms with Crippen LogP contribution in [0.4, 0.5) is 13.2 Å². The summed E-state index contributed by atoms with van der Waals surface area (Å²) in [6.45, 7) is 1.39. The van der Waals surface area contributed by atoms with Crippen LogP contribution < -0.4 is 4.74 Å². The highest BCUT2D eigenvalue weighted by molar-refractivity contribution is 6.09. The molecule has 0 aliphatic rings. The number of benzene rings is 2. The number of halogens is 3. The minimum absolute atomic E-state index is 0.0305. The van der Waals surface area contributed by atoms with Gasteiger partial charge in [-0.25, -0.2) is 13.2 Å². The van der Waals surface area contributed by atoms with Gasteiger partial charge in [0, 0.05) is 5.56 Å². The first-order valence-electron chi connectivity index (χ1n) is 5.78. The molecule has 0 unspecified atom stereocenters. The van der Waals surface area contributed by atoms with Crippen LogP contribution in [0.25, 0.3) is 0 Å². The van der Waals surface area contributed by atoms with Crippen LogP contribution in [0, 0.1) is 24.4 Å². The van der Waals surface area contributed by atoms with Crippen molar-refractivity contribution in [3.05, 3.63) is 64.5 Å². The van der Waals surface area contributed by atoms with Crippen molar-refractivity contribution in [2.24, 2.45) is 0 Å². The van der Waals surface area contributed by atoms with E-state index in [1.54, 1.807) is 0 Å². The minimum atomic E-state index is -1.23. The van der Waals surface area contributed by atoms with Gasteiger partial charge in [0.1, 0.15) is 0 Å². The molecule has 0 atom stereocenters. The fourth-order valence-electron chi connectivity index (χ4n) is 1.78. The normalized spacial score (nSPS) is 10.4. The molecule has 0 fully saturated rings. The van der Waals surface area contributed by atoms with Crippen LogP contribution in [-0.2, 0) is 0 Å². The van der Waals surface area contributed by atoms with E-state index in [2.05, 4.69) is 0 Å². The molecule has 0 bridgehead atoms. The molecule has 0 saturated heterocycles. The van der Waals surface area contributed by atoms with Crippen molar-refractivity contribution in [2.75, 3.05) is 7.11 Å². The smallest absolute Gasteiger partial charge is 0.196 e. The van der Waals surface area contributed by atoms with Gasteiger partial charge in [-0.05, 0) is 36.8 Å². The van der Waals surface area contributed by atoms with E-state index in [1.807, 2.05) is 0 Å². The Morgan fingerprint density at radius 1 is 1.05 bits per heavy atom. The summed E-state index contributed by atoms with van der Waals surface area (Å²) >= 11 is 0. The lowest BCUT2D eigenvalue weighted by molar-refractivity contribution is 0.103. The Morgan fingerprint density at radius 2 is 1.75 bits per heavy atom. The third-order valence-corrected chi connectivity index (χ3v) is 2.93. The van der Waals surface area contributed by atoms with Gasteiger partial charge in [-0.2, -0.15) is 0 Å². The van der Waals surface area contributed by atoms with Gasteiger partial charge in [-0.15, -0.1) is 0 Å². The third-order valence-electron chi connectivity index (χ3n) is 2.93.